The summed E-state index contributed by atoms with van der Waals surface area (Å²) in [5.74, 6) is -0.411. The third-order valence-electron chi connectivity index (χ3n) is 4.61. The summed E-state index contributed by atoms with van der Waals surface area (Å²) in [7, 11) is 0. The minimum atomic E-state index is -0.564. The zero-order valence-electron chi connectivity index (χ0n) is 17.7. The van der Waals surface area contributed by atoms with Crippen LogP contribution in [0.15, 0.2) is 60.7 Å². The fourth-order valence-corrected chi connectivity index (χ4v) is 3.14. The van der Waals surface area contributed by atoms with Crippen molar-refractivity contribution in [3.05, 3.63) is 66.2 Å². The van der Waals surface area contributed by atoms with Crippen molar-refractivity contribution in [1.82, 2.24) is 9.96 Å². The normalized spacial score (nSPS) is 17.3. The van der Waals surface area contributed by atoms with Crippen LogP contribution in [-0.4, -0.2) is 59.8 Å². The van der Waals surface area contributed by atoms with Crippen molar-refractivity contribution >= 4 is 17.7 Å². The molecule has 1 aliphatic heterocycles. The van der Waals surface area contributed by atoms with Gasteiger partial charge in [-0.3, -0.25) is 0 Å². The fourth-order valence-electron chi connectivity index (χ4n) is 3.14. The molecule has 2 aromatic rings. The van der Waals surface area contributed by atoms with Crippen molar-refractivity contribution < 1.29 is 19.2 Å². The summed E-state index contributed by atoms with van der Waals surface area (Å²) in [4.78, 5) is 32.4. The van der Waals surface area contributed by atoms with E-state index in [0.717, 1.165) is 5.69 Å². The second-order valence-corrected chi connectivity index (χ2v) is 8.21. The number of para-hydroxylation sites is 1. The van der Waals surface area contributed by atoms with Crippen LogP contribution >= 0.6 is 0 Å². The molecule has 1 amide bonds. The van der Waals surface area contributed by atoms with Crippen LogP contribution in [0.5, 0.6) is 0 Å². The molecule has 1 unspecified atom stereocenters. The maximum atomic E-state index is 12.5. The van der Waals surface area contributed by atoms with Crippen molar-refractivity contribution in [2.75, 3.05) is 31.5 Å². The van der Waals surface area contributed by atoms with E-state index in [-0.39, 0.29) is 12.1 Å². The van der Waals surface area contributed by atoms with E-state index >= 15 is 0 Å². The summed E-state index contributed by atoms with van der Waals surface area (Å²) in [6.45, 7) is 7.24. The summed E-state index contributed by atoms with van der Waals surface area (Å²) in [6, 6.07) is 18.4. The van der Waals surface area contributed by atoms with E-state index in [9.17, 15) is 9.59 Å². The van der Waals surface area contributed by atoms with Crippen LogP contribution in [0.1, 0.15) is 31.1 Å². The highest BCUT2D eigenvalue weighted by Gasteiger charge is 2.34. The van der Waals surface area contributed by atoms with Gasteiger partial charge in [-0.05, 0) is 45.0 Å². The van der Waals surface area contributed by atoms with Gasteiger partial charge >= 0.3 is 12.1 Å². The Hall–Kier alpha value is -3.06. The van der Waals surface area contributed by atoms with Gasteiger partial charge in [-0.25, -0.2) is 9.59 Å². The quantitative estimate of drug-likeness (QED) is 0.807. The highest BCUT2D eigenvalue weighted by molar-refractivity contribution is 5.89. The number of benzene rings is 2. The first-order chi connectivity index (χ1) is 14.3. The molecule has 160 valence electrons. The Bertz CT molecular complexity index is 837. The third-order valence-corrected chi connectivity index (χ3v) is 4.61. The van der Waals surface area contributed by atoms with E-state index in [4.69, 9.17) is 9.57 Å². The molecule has 1 heterocycles. The van der Waals surface area contributed by atoms with Gasteiger partial charge in [0.05, 0.1) is 18.2 Å². The number of hydroxylamine groups is 2. The number of rotatable bonds is 5. The Morgan fingerprint density at radius 1 is 1.00 bits per heavy atom. The number of hydrogen-bond donors (Lipinski definition) is 1. The van der Waals surface area contributed by atoms with Gasteiger partial charge in [0.25, 0.3) is 0 Å². The first-order valence-electron chi connectivity index (χ1n) is 10.1. The van der Waals surface area contributed by atoms with Gasteiger partial charge in [0.1, 0.15) is 5.60 Å². The van der Waals surface area contributed by atoms with Crippen LogP contribution < -0.4 is 5.32 Å². The summed E-state index contributed by atoms with van der Waals surface area (Å²) in [6.07, 6.45) is -0.360. The van der Waals surface area contributed by atoms with Gasteiger partial charge in [0.2, 0.25) is 0 Å². The maximum absolute atomic E-state index is 12.5. The minimum absolute atomic E-state index is 0.223. The molecule has 0 saturated carbocycles. The smallest absolute Gasteiger partial charge is 0.410 e. The highest BCUT2D eigenvalue weighted by Crippen LogP contribution is 2.17. The maximum Gasteiger partial charge on any atom is 0.410 e. The van der Waals surface area contributed by atoms with E-state index in [2.05, 4.69) is 5.32 Å². The molecule has 0 aliphatic carbocycles. The molecule has 0 spiro atoms. The molecule has 3 rings (SSSR count). The largest absolute Gasteiger partial charge is 0.444 e. The van der Waals surface area contributed by atoms with Gasteiger partial charge in [-0.2, -0.15) is 0 Å². The van der Waals surface area contributed by atoms with Crippen molar-refractivity contribution in [2.45, 2.75) is 32.4 Å². The Morgan fingerprint density at radius 2 is 1.63 bits per heavy atom. The SMILES string of the molecule is CC(C)(C)OC(=O)N1CCN(OC(=O)c2ccccc2)C(CNc2ccccc2)C1. The molecular formula is C23H29N3O4. The summed E-state index contributed by atoms with van der Waals surface area (Å²) >= 11 is 0. The van der Waals surface area contributed by atoms with Crippen molar-refractivity contribution in [1.29, 1.82) is 0 Å². The van der Waals surface area contributed by atoms with Crippen LogP contribution in [-0.2, 0) is 9.57 Å². The number of hydrogen-bond acceptors (Lipinski definition) is 6. The lowest BCUT2D eigenvalue weighted by Gasteiger charge is -2.40. The Morgan fingerprint density at radius 3 is 2.27 bits per heavy atom. The predicted octanol–water partition coefficient (Wildman–Crippen LogP) is 3.79. The van der Waals surface area contributed by atoms with Crippen LogP contribution in [0.2, 0.25) is 0 Å². The second kappa shape index (κ2) is 9.63. The molecule has 2 aromatic carbocycles. The summed E-state index contributed by atoms with van der Waals surface area (Å²) < 4.78 is 5.51. The molecule has 0 radical (unpaired) electrons. The molecule has 7 nitrogen and oxygen atoms in total. The van der Waals surface area contributed by atoms with E-state index in [1.807, 2.05) is 57.2 Å². The van der Waals surface area contributed by atoms with Crippen molar-refractivity contribution in [2.24, 2.45) is 0 Å². The average molecular weight is 412 g/mol. The van der Waals surface area contributed by atoms with E-state index in [0.29, 0.717) is 31.7 Å². The number of carbonyl (C=O) groups excluding carboxylic acids is 2. The van der Waals surface area contributed by atoms with Crippen LogP contribution in [0.25, 0.3) is 0 Å². The van der Waals surface area contributed by atoms with Gasteiger partial charge < -0.3 is 19.8 Å². The molecule has 1 saturated heterocycles. The van der Waals surface area contributed by atoms with Gasteiger partial charge in [0, 0.05) is 25.3 Å². The number of nitrogens with zero attached hydrogens (tertiary/aromatic N) is 2. The molecule has 30 heavy (non-hydrogen) atoms. The molecule has 0 bridgehead atoms. The summed E-state index contributed by atoms with van der Waals surface area (Å²) in [5.41, 5.74) is 0.884. The summed E-state index contributed by atoms with van der Waals surface area (Å²) in [5, 5.41) is 5.01. The lowest BCUT2D eigenvalue weighted by Crippen LogP contribution is -2.57. The fraction of sp³-hybridized carbons (Fsp3) is 0.391. The Balaban J connectivity index is 1.68. The number of amides is 1. The first-order valence-corrected chi connectivity index (χ1v) is 10.1. The molecule has 7 heteroatoms. The van der Waals surface area contributed by atoms with Gasteiger partial charge in [-0.1, -0.05) is 36.4 Å². The molecule has 1 atom stereocenters. The second-order valence-electron chi connectivity index (χ2n) is 8.21. The van der Waals surface area contributed by atoms with Crippen LogP contribution in [0, 0.1) is 0 Å². The number of nitrogens with one attached hydrogen (secondary N) is 1. The van der Waals surface area contributed by atoms with Crippen LogP contribution in [0.3, 0.4) is 0 Å². The van der Waals surface area contributed by atoms with Gasteiger partial charge in [-0.15, -0.1) is 5.06 Å². The van der Waals surface area contributed by atoms with Gasteiger partial charge in [0.15, 0.2) is 0 Å². The van der Waals surface area contributed by atoms with E-state index in [1.165, 1.54) is 0 Å². The Labute approximate surface area is 177 Å². The zero-order chi connectivity index (χ0) is 21.6. The van der Waals surface area contributed by atoms with Crippen molar-refractivity contribution in [3.63, 3.8) is 0 Å². The minimum Gasteiger partial charge on any atom is -0.444 e. The molecule has 0 aromatic heterocycles. The predicted molar refractivity (Wildman–Crippen MR) is 115 cm³/mol. The Kier molecular flexibility index (Phi) is 6.95. The molecular weight excluding hydrogens is 382 g/mol. The standard InChI is InChI=1S/C23H29N3O4/c1-23(2,3)29-22(28)25-14-15-26(30-21(27)18-10-6-4-7-11-18)20(17-25)16-24-19-12-8-5-9-13-19/h4-13,20,24H,14-17H2,1-3H3. The number of ether oxygens (including phenoxy) is 1. The lowest BCUT2D eigenvalue weighted by molar-refractivity contribution is -0.156. The topological polar surface area (TPSA) is 71.1 Å². The molecule has 1 N–H and O–H groups in total. The number of piperazine rings is 1. The monoisotopic (exact) mass is 411 g/mol. The molecule has 1 fully saturated rings. The zero-order valence-corrected chi connectivity index (χ0v) is 17.7. The van der Waals surface area contributed by atoms with Crippen LogP contribution in [0.4, 0.5) is 10.5 Å². The number of carbonyl (C=O) groups is 2. The highest BCUT2D eigenvalue weighted by atomic mass is 16.7. The van der Waals surface area contributed by atoms with E-state index < -0.39 is 11.6 Å². The van der Waals surface area contributed by atoms with E-state index in [1.54, 1.807) is 34.2 Å². The third kappa shape index (κ3) is 6.22. The molecule has 1 aliphatic rings. The number of anilines is 1. The van der Waals surface area contributed by atoms with Crippen molar-refractivity contribution in [3.8, 4) is 0 Å². The lowest BCUT2D eigenvalue weighted by atomic mass is 10.2. The first kappa shape index (κ1) is 21.6. The average Bonchev–Trinajstić information content (AvgIpc) is 2.73.